The zero-order valence-electron chi connectivity index (χ0n) is 14.9. The average molecular weight is 387 g/mol. The number of halogens is 1. The first-order valence-electron chi connectivity index (χ1n) is 8.78. The van der Waals surface area contributed by atoms with Crippen LogP contribution >= 0.6 is 11.6 Å². The lowest BCUT2D eigenvalue weighted by atomic mass is 10.3. The van der Waals surface area contributed by atoms with Gasteiger partial charge in [0, 0.05) is 36.9 Å². The molecule has 0 atom stereocenters. The van der Waals surface area contributed by atoms with Crippen molar-refractivity contribution in [2.75, 3.05) is 37.7 Å². The number of carbonyl (C=O) groups excluding carboxylic acids is 1. The summed E-state index contributed by atoms with van der Waals surface area (Å²) in [5.74, 6) is 0.774. The molecule has 0 bridgehead atoms. The second-order valence-electron chi connectivity index (χ2n) is 6.13. The van der Waals surface area contributed by atoms with Crippen molar-refractivity contribution in [3.8, 4) is 5.69 Å². The summed E-state index contributed by atoms with van der Waals surface area (Å²) in [7, 11) is 0. The maximum absolute atomic E-state index is 11.9. The number of aromatic nitrogens is 4. The molecule has 9 heteroatoms. The summed E-state index contributed by atoms with van der Waals surface area (Å²) < 4.78 is 6.98. The van der Waals surface area contributed by atoms with E-state index in [0.717, 1.165) is 22.7 Å². The molecule has 0 unspecified atom stereocenters. The minimum Gasteiger partial charge on any atom is -0.450 e. The van der Waals surface area contributed by atoms with Crippen LogP contribution in [-0.2, 0) is 4.74 Å². The third-order valence-corrected chi connectivity index (χ3v) is 4.78. The van der Waals surface area contributed by atoms with Crippen LogP contribution in [0.4, 0.5) is 10.6 Å². The normalized spacial score (nSPS) is 14.6. The first kappa shape index (κ1) is 17.5. The summed E-state index contributed by atoms with van der Waals surface area (Å²) >= 11 is 5.98. The van der Waals surface area contributed by atoms with Crippen LogP contribution in [-0.4, -0.2) is 63.3 Å². The molecule has 0 aliphatic carbocycles. The number of fused-ring (bicyclic) bond motifs is 1. The van der Waals surface area contributed by atoms with E-state index >= 15 is 0 Å². The maximum atomic E-state index is 11.9. The quantitative estimate of drug-likeness (QED) is 0.689. The lowest BCUT2D eigenvalue weighted by molar-refractivity contribution is 0.105. The number of ether oxygens (including phenoxy) is 1. The van der Waals surface area contributed by atoms with Crippen LogP contribution in [0.5, 0.6) is 0 Å². The third-order valence-electron chi connectivity index (χ3n) is 4.52. The number of nitrogens with zero attached hydrogens (tertiary/aromatic N) is 6. The number of hydrogen-bond donors (Lipinski definition) is 0. The van der Waals surface area contributed by atoms with Gasteiger partial charge in [-0.15, -0.1) is 0 Å². The van der Waals surface area contributed by atoms with Crippen LogP contribution in [0.15, 0.2) is 36.9 Å². The highest BCUT2D eigenvalue weighted by Gasteiger charge is 2.25. The van der Waals surface area contributed by atoms with Gasteiger partial charge in [0.2, 0.25) is 0 Å². The summed E-state index contributed by atoms with van der Waals surface area (Å²) in [4.78, 5) is 29.1. The van der Waals surface area contributed by atoms with E-state index in [1.807, 2.05) is 35.8 Å². The van der Waals surface area contributed by atoms with E-state index in [1.165, 1.54) is 0 Å². The highest BCUT2D eigenvalue weighted by molar-refractivity contribution is 6.30. The van der Waals surface area contributed by atoms with Gasteiger partial charge in [0.25, 0.3) is 0 Å². The third kappa shape index (κ3) is 3.40. The number of benzene rings is 1. The van der Waals surface area contributed by atoms with Gasteiger partial charge in [0.05, 0.1) is 6.61 Å². The molecule has 1 aromatic carbocycles. The van der Waals surface area contributed by atoms with Gasteiger partial charge in [0.15, 0.2) is 17.0 Å². The average Bonchev–Trinajstić information content (AvgIpc) is 3.13. The fourth-order valence-corrected chi connectivity index (χ4v) is 3.29. The molecule has 2 aromatic heterocycles. The Morgan fingerprint density at radius 1 is 1.11 bits per heavy atom. The number of rotatable bonds is 3. The van der Waals surface area contributed by atoms with Crippen LogP contribution in [0.25, 0.3) is 16.9 Å². The number of anilines is 1. The van der Waals surface area contributed by atoms with E-state index in [1.54, 1.807) is 17.6 Å². The molecule has 1 amide bonds. The van der Waals surface area contributed by atoms with E-state index in [0.29, 0.717) is 37.8 Å². The van der Waals surface area contributed by atoms with E-state index < -0.39 is 0 Å². The summed E-state index contributed by atoms with van der Waals surface area (Å²) in [6.07, 6.45) is 3.02. The van der Waals surface area contributed by atoms with Crippen molar-refractivity contribution in [2.45, 2.75) is 6.92 Å². The molecular formula is C18H19ClN6O2. The van der Waals surface area contributed by atoms with Gasteiger partial charge in [-0.2, -0.15) is 0 Å². The van der Waals surface area contributed by atoms with Gasteiger partial charge < -0.3 is 14.5 Å². The topological polar surface area (TPSA) is 76.4 Å². The zero-order chi connectivity index (χ0) is 18.8. The summed E-state index contributed by atoms with van der Waals surface area (Å²) in [6, 6.07) is 7.51. The van der Waals surface area contributed by atoms with Crippen molar-refractivity contribution in [2.24, 2.45) is 0 Å². The Hall–Kier alpha value is -2.87. The number of hydrogen-bond acceptors (Lipinski definition) is 6. The Morgan fingerprint density at radius 3 is 2.56 bits per heavy atom. The van der Waals surface area contributed by atoms with E-state index in [4.69, 9.17) is 16.3 Å². The lowest BCUT2D eigenvalue weighted by Gasteiger charge is -2.34. The van der Waals surface area contributed by atoms with Crippen LogP contribution < -0.4 is 4.90 Å². The molecule has 3 heterocycles. The molecule has 1 aliphatic rings. The second-order valence-corrected chi connectivity index (χ2v) is 6.57. The molecule has 0 radical (unpaired) electrons. The van der Waals surface area contributed by atoms with Crippen LogP contribution in [0, 0.1) is 0 Å². The summed E-state index contributed by atoms with van der Waals surface area (Å²) in [6.45, 7) is 4.69. The van der Waals surface area contributed by atoms with E-state index in [-0.39, 0.29) is 6.09 Å². The summed E-state index contributed by atoms with van der Waals surface area (Å²) in [5, 5.41) is 0.679. The van der Waals surface area contributed by atoms with E-state index in [9.17, 15) is 4.79 Å². The fraction of sp³-hybridized carbons (Fsp3) is 0.333. The zero-order valence-corrected chi connectivity index (χ0v) is 15.6. The fourth-order valence-electron chi connectivity index (χ4n) is 3.16. The van der Waals surface area contributed by atoms with Crippen molar-refractivity contribution in [1.29, 1.82) is 0 Å². The molecule has 1 saturated heterocycles. The van der Waals surface area contributed by atoms with Crippen LogP contribution in [0.3, 0.4) is 0 Å². The molecular weight excluding hydrogens is 368 g/mol. The Bertz CT molecular complexity index is 950. The van der Waals surface area contributed by atoms with Gasteiger partial charge in [-0.1, -0.05) is 11.6 Å². The van der Waals surface area contributed by atoms with E-state index in [2.05, 4.69) is 19.9 Å². The van der Waals surface area contributed by atoms with Crippen LogP contribution in [0.2, 0.25) is 5.02 Å². The number of piperazine rings is 1. The molecule has 1 fully saturated rings. The molecule has 4 rings (SSSR count). The summed E-state index contributed by atoms with van der Waals surface area (Å²) in [5.41, 5.74) is 2.39. The van der Waals surface area contributed by atoms with Gasteiger partial charge in [0.1, 0.15) is 12.7 Å². The Labute approximate surface area is 161 Å². The van der Waals surface area contributed by atoms with Crippen molar-refractivity contribution < 1.29 is 9.53 Å². The van der Waals surface area contributed by atoms with Crippen LogP contribution in [0.1, 0.15) is 6.92 Å². The number of amides is 1. The first-order valence-corrected chi connectivity index (χ1v) is 9.16. The van der Waals surface area contributed by atoms with Crippen molar-refractivity contribution in [3.05, 3.63) is 41.9 Å². The van der Waals surface area contributed by atoms with Crippen molar-refractivity contribution in [3.63, 3.8) is 0 Å². The van der Waals surface area contributed by atoms with Gasteiger partial charge in [-0.05, 0) is 31.2 Å². The molecule has 27 heavy (non-hydrogen) atoms. The second kappa shape index (κ2) is 7.40. The largest absolute Gasteiger partial charge is 0.450 e. The maximum Gasteiger partial charge on any atom is 0.409 e. The minimum atomic E-state index is -0.267. The molecule has 3 aromatic rings. The highest BCUT2D eigenvalue weighted by atomic mass is 35.5. The van der Waals surface area contributed by atoms with Crippen molar-refractivity contribution >= 4 is 34.7 Å². The molecule has 1 aliphatic heterocycles. The number of imidazole rings is 1. The predicted molar refractivity (Wildman–Crippen MR) is 102 cm³/mol. The standard InChI is InChI=1S/C18H19ClN6O2/c1-2-27-18(26)24-9-7-23(8-10-24)16-15-17(21-11-20-16)25(12-22-15)14-5-3-13(19)4-6-14/h3-6,11-12H,2,7-10H2,1H3. The monoisotopic (exact) mass is 386 g/mol. The molecule has 0 N–H and O–H groups in total. The van der Waals surface area contributed by atoms with Crippen molar-refractivity contribution in [1.82, 2.24) is 24.4 Å². The van der Waals surface area contributed by atoms with Gasteiger partial charge in [-0.25, -0.2) is 19.7 Å². The van der Waals surface area contributed by atoms with Gasteiger partial charge >= 0.3 is 6.09 Å². The Morgan fingerprint density at radius 2 is 1.85 bits per heavy atom. The molecule has 0 spiro atoms. The lowest BCUT2D eigenvalue weighted by Crippen LogP contribution is -2.49. The number of carbonyl (C=O) groups is 1. The smallest absolute Gasteiger partial charge is 0.409 e. The minimum absolute atomic E-state index is 0.267. The first-order chi connectivity index (χ1) is 13.2. The molecule has 0 saturated carbocycles. The Balaban J connectivity index is 1.59. The highest BCUT2D eigenvalue weighted by Crippen LogP contribution is 2.25. The van der Waals surface area contributed by atoms with Gasteiger partial charge in [-0.3, -0.25) is 4.57 Å². The SMILES string of the molecule is CCOC(=O)N1CCN(c2ncnc3c2ncn3-c2ccc(Cl)cc2)CC1. The Kier molecular flexibility index (Phi) is 4.81. The predicted octanol–water partition coefficient (Wildman–Crippen LogP) is 2.75. The molecule has 8 nitrogen and oxygen atoms in total. The molecule has 140 valence electrons.